The van der Waals surface area contributed by atoms with Gasteiger partial charge in [0.1, 0.15) is 0 Å². The lowest BCUT2D eigenvalue weighted by molar-refractivity contribution is -0.385. The molecule has 0 fully saturated rings. The van der Waals surface area contributed by atoms with Crippen LogP contribution in [0.3, 0.4) is 0 Å². The van der Waals surface area contributed by atoms with Gasteiger partial charge in [0.05, 0.1) is 4.92 Å². The number of nitro benzene ring substituents is 1. The van der Waals surface area contributed by atoms with Crippen molar-refractivity contribution in [3.05, 3.63) is 45.6 Å². The molecule has 0 atom stereocenters. The van der Waals surface area contributed by atoms with Crippen LogP contribution in [0.5, 0.6) is 11.6 Å². The summed E-state index contributed by atoms with van der Waals surface area (Å²) in [6.07, 6.45) is 1.59. The first-order chi connectivity index (χ1) is 9.51. The van der Waals surface area contributed by atoms with E-state index < -0.39 is 4.92 Å². The Morgan fingerprint density at radius 2 is 2.10 bits per heavy atom. The second-order valence-electron chi connectivity index (χ2n) is 4.26. The van der Waals surface area contributed by atoms with Gasteiger partial charge in [-0.05, 0) is 25.5 Å². The summed E-state index contributed by atoms with van der Waals surface area (Å²) in [5.74, 6) is 0.834. The number of nitrogens with zero attached hydrogens (tertiary/aromatic N) is 3. The first kappa shape index (κ1) is 13.7. The highest BCUT2D eigenvalue weighted by Gasteiger charge is 2.17. The zero-order valence-electron chi connectivity index (χ0n) is 11.4. The number of aromatic nitrogens is 2. The summed E-state index contributed by atoms with van der Waals surface area (Å²) in [6, 6.07) is 4.77. The molecule has 0 bridgehead atoms. The van der Waals surface area contributed by atoms with E-state index in [9.17, 15) is 10.1 Å². The number of nitrogens with one attached hydrogen (secondary N) is 1. The van der Waals surface area contributed by atoms with Crippen molar-refractivity contribution in [2.45, 2.75) is 13.8 Å². The average molecular weight is 274 g/mol. The smallest absolute Gasteiger partial charge is 0.311 e. The number of rotatable bonds is 4. The van der Waals surface area contributed by atoms with Gasteiger partial charge < -0.3 is 10.1 Å². The molecule has 1 aromatic carbocycles. The standard InChI is InChI=1S/C13H14N4O3/c1-8-4-5-11(10(6-8)17(18)19)20-12-9(2)7-15-13(14-3)16-12/h4-7H,1-3H3,(H,14,15,16). The van der Waals surface area contributed by atoms with Crippen LogP contribution in [0.4, 0.5) is 11.6 Å². The molecule has 1 N–H and O–H groups in total. The van der Waals surface area contributed by atoms with Gasteiger partial charge in [-0.3, -0.25) is 10.1 Å². The summed E-state index contributed by atoms with van der Waals surface area (Å²) in [5.41, 5.74) is 1.40. The lowest BCUT2D eigenvalue weighted by atomic mass is 10.2. The molecular formula is C13H14N4O3. The molecule has 0 spiro atoms. The molecule has 0 amide bonds. The van der Waals surface area contributed by atoms with Crippen molar-refractivity contribution in [2.75, 3.05) is 12.4 Å². The number of hydrogen-bond acceptors (Lipinski definition) is 6. The highest BCUT2D eigenvalue weighted by atomic mass is 16.6. The zero-order chi connectivity index (χ0) is 14.7. The molecular weight excluding hydrogens is 260 g/mol. The van der Waals surface area contributed by atoms with E-state index in [0.717, 1.165) is 5.56 Å². The van der Waals surface area contributed by atoms with Crippen LogP contribution in [0.1, 0.15) is 11.1 Å². The van der Waals surface area contributed by atoms with E-state index in [0.29, 0.717) is 11.5 Å². The van der Waals surface area contributed by atoms with E-state index in [4.69, 9.17) is 4.74 Å². The molecule has 0 aliphatic rings. The van der Waals surface area contributed by atoms with Gasteiger partial charge in [0.15, 0.2) is 0 Å². The van der Waals surface area contributed by atoms with Crippen molar-refractivity contribution in [2.24, 2.45) is 0 Å². The van der Waals surface area contributed by atoms with Gasteiger partial charge in [-0.15, -0.1) is 0 Å². The molecule has 1 aromatic heterocycles. The minimum absolute atomic E-state index is 0.0889. The zero-order valence-corrected chi connectivity index (χ0v) is 11.4. The first-order valence-corrected chi connectivity index (χ1v) is 5.95. The topological polar surface area (TPSA) is 90.2 Å². The number of ether oxygens (including phenoxy) is 1. The van der Waals surface area contributed by atoms with Crippen LogP contribution in [0.15, 0.2) is 24.4 Å². The largest absolute Gasteiger partial charge is 0.431 e. The number of benzene rings is 1. The SMILES string of the molecule is CNc1ncc(C)c(Oc2ccc(C)cc2[N+](=O)[O-])n1. The van der Waals surface area contributed by atoms with Crippen molar-refractivity contribution in [3.8, 4) is 11.6 Å². The maximum Gasteiger partial charge on any atom is 0.311 e. The molecule has 0 unspecified atom stereocenters. The van der Waals surface area contributed by atoms with Gasteiger partial charge in [-0.2, -0.15) is 4.98 Å². The quantitative estimate of drug-likeness (QED) is 0.681. The fourth-order valence-corrected chi connectivity index (χ4v) is 1.61. The maximum absolute atomic E-state index is 11.1. The van der Waals surface area contributed by atoms with Crippen molar-refractivity contribution in [1.82, 2.24) is 9.97 Å². The number of nitro groups is 1. The van der Waals surface area contributed by atoms with Crippen LogP contribution in [0.25, 0.3) is 0 Å². The molecule has 20 heavy (non-hydrogen) atoms. The van der Waals surface area contributed by atoms with E-state index in [2.05, 4.69) is 15.3 Å². The predicted molar refractivity (Wildman–Crippen MR) is 74.2 cm³/mol. The number of anilines is 1. The fourth-order valence-electron chi connectivity index (χ4n) is 1.61. The van der Waals surface area contributed by atoms with E-state index in [1.54, 1.807) is 39.2 Å². The Morgan fingerprint density at radius 1 is 1.35 bits per heavy atom. The van der Waals surface area contributed by atoms with Crippen molar-refractivity contribution in [1.29, 1.82) is 0 Å². The second kappa shape index (κ2) is 5.52. The molecule has 7 heteroatoms. The van der Waals surface area contributed by atoms with Crippen molar-refractivity contribution in [3.63, 3.8) is 0 Å². The van der Waals surface area contributed by atoms with Crippen LogP contribution >= 0.6 is 0 Å². The minimum atomic E-state index is -0.474. The van der Waals surface area contributed by atoms with Crippen LogP contribution in [-0.2, 0) is 0 Å². The van der Waals surface area contributed by atoms with Gasteiger partial charge >= 0.3 is 5.69 Å². The summed E-state index contributed by atoms with van der Waals surface area (Å²) < 4.78 is 5.57. The lowest BCUT2D eigenvalue weighted by Gasteiger charge is -2.09. The molecule has 0 aliphatic heterocycles. The molecule has 2 aromatic rings. The van der Waals surface area contributed by atoms with E-state index in [-0.39, 0.29) is 17.3 Å². The molecule has 0 radical (unpaired) electrons. The van der Waals surface area contributed by atoms with E-state index in [1.807, 2.05) is 0 Å². The van der Waals surface area contributed by atoms with Crippen LogP contribution < -0.4 is 10.1 Å². The summed E-state index contributed by atoms with van der Waals surface area (Å²) in [5, 5.41) is 13.8. The Labute approximate surface area is 115 Å². The Balaban J connectivity index is 2.42. The summed E-state index contributed by atoms with van der Waals surface area (Å²) in [7, 11) is 1.68. The summed E-state index contributed by atoms with van der Waals surface area (Å²) in [6.45, 7) is 3.56. The van der Waals surface area contributed by atoms with Crippen LogP contribution in [0, 0.1) is 24.0 Å². The Morgan fingerprint density at radius 3 is 2.75 bits per heavy atom. The van der Waals surface area contributed by atoms with Crippen LogP contribution in [0.2, 0.25) is 0 Å². The van der Waals surface area contributed by atoms with E-state index >= 15 is 0 Å². The minimum Gasteiger partial charge on any atom is -0.431 e. The monoisotopic (exact) mass is 274 g/mol. The lowest BCUT2D eigenvalue weighted by Crippen LogP contribution is -2.01. The molecule has 0 aliphatic carbocycles. The van der Waals surface area contributed by atoms with Crippen molar-refractivity contribution < 1.29 is 9.66 Å². The summed E-state index contributed by atoms with van der Waals surface area (Å²) >= 11 is 0. The van der Waals surface area contributed by atoms with Gasteiger partial charge in [0.25, 0.3) is 0 Å². The average Bonchev–Trinajstić information content (AvgIpc) is 2.42. The second-order valence-corrected chi connectivity index (χ2v) is 4.26. The number of hydrogen-bond donors (Lipinski definition) is 1. The summed E-state index contributed by atoms with van der Waals surface area (Å²) in [4.78, 5) is 18.8. The first-order valence-electron chi connectivity index (χ1n) is 5.95. The van der Waals surface area contributed by atoms with Gasteiger partial charge in [-0.25, -0.2) is 4.98 Å². The fraction of sp³-hybridized carbons (Fsp3) is 0.231. The van der Waals surface area contributed by atoms with E-state index in [1.165, 1.54) is 6.07 Å². The van der Waals surface area contributed by atoms with Crippen LogP contribution in [-0.4, -0.2) is 21.9 Å². The number of aryl methyl sites for hydroxylation is 2. The maximum atomic E-state index is 11.1. The van der Waals surface area contributed by atoms with Crippen molar-refractivity contribution >= 4 is 11.6 Å². The Bertz CT molecular complexity index is 658. The Hall–Kier alpha value is -2.70. The molecule has 7 nitrogen and oxygen atoms in total. The third-order valence-corrected chi connectivity index (χ3v) is 2.67. The third-order valence-electron chi connectivity index (χ3n) is 2.67. The highest BCUT2D eigenvalue weighted by Crippen LogP contribution is 2.32. The predicted octanol–water partition coefficient (Wildman–Crippen LogP) is 2.84. The normalized spacial score (nSPS) is 10.2. The molecule has 104 valence electrons. The highest BCUT2D eigenvalue weighted by molar-refractivity contribution is 5.50. The van der Waals surface area contributed by atoms with Gasteiger partial charge in [0, 0.05) is 24.9 Å². The molecule has 0 saturated carbocycles. The molecule has 2 rings (SSSR count). The molecule has 0 saturated heterocycles. The Kier molecular flexibility index (Phi) is 3.79. The van der Waals surface area contributed by atoms with Gasteiger partial charge in [0.2, 0.25) is 17.6 Å². The third kappa shape index (κ3) is 2.82. The van der Waals surface area contributed by atoms with Gasteiger partial charge in [-0.1, -0.05) is 6.07 Å². The molecule has 1 heterocycles.